The molecule has 0 unspecified atom stereocenters. The van der Waals surface area contributed by atoms with Crippen molar-refractivity contribution in [3.63, 3.8) is 0 Å². The molecule has 0 atom stereocenters. The number of anilines is 1. The fourth-order valence-corrected chi connectivity index (χ4v) is 2.78. The van der Waals surface area contributed by atoms with Crippen LogP contribution in [0.1, 0.15) is 51.9 Å². The quantitative estimate of drug-likeness (QED) is 0.751. The molecular weight excluding hydrogens is 318 g/mol. The molecular formula is C17H23N7O. The van der Waals surface area contributed by atoms with Crippen LogP contribution in [0, 0.1) is 0 Å². The highest BCUT2D eigenvalue weighted by Gasteiger charge is 2.29. The summed E-state index contributed by atoms with van der Waals surface area (Å²) in [6.45, 7) is 14.0. The van der Waals surface area contributed by atoms with Gasteiger partial charge in [0.2, 0.25) is 0 Å². The maximum atomic E-state index is 6.13. The van der Waals surface area contributed by atoms with Crippen molar-refractivity contribution in [3.8, 4) is 11.4 Å². The molecule has 0 radical (unpaired) electrons. The summed E-state index contributed by atoms with van der Waals surface area (Å²) in [6.07, 6.45) is 1.43. The number of aromatic nitrogens is 5. The van der Waals surface area contributed by atoms with Crippen molar-refractivity contribution in [2.24, 2.45) is 5.73 Å². The van der Waals surface area contributed by atoms with Crippen LogP contribution >= 0.6 is 0 Å². The van der Waals surface area contributed by atoms with E-state index in [4.69, 9.17) is 21.1 Å². The van der Waals surface area contributed by atoms with Crippen LogP contribution in [0.3, 0.4) is 0 Å². The van der Waals surface area contributed by atoms with Crippen molar-refractivity contribution in [3.05, 3.63) is 24.2 Å². The van der Waals surface area contributed by atoms with E-state index < -0.39 is 0 Å². The minimum absolute atomic E-state index is 0.0983. The first-order valence-corrected chi connectivity index (χ1v) is 8.07. The fraction of sp³-hybridized carbons (Fsp3) is 0.412. The van der Waals surface area contributed by atoms with E-state index in [0.29, 0.717) is 45.3 Å². The molecule has 25 heavy (non-hydrogen) atoms. The molecule has 0 amide bonds. The zero-order chi connectivity index (χ0) is 18.5. The van der Waals surface area contributed by atoms with Crippen molar-refractivity contribution in [2.75, 3.05) is 5.73 Å². The van der Waals surface area contributed by atoms with Gasteiger partial charge in [-0.25, -0.2) is 14.6 Å². The lowest BCUT2D eigenvalue weighted by atomic mass is 10.0. The molecule has 0 bridgehead atoms. The molecule has 4 N–H and O–H groups in total. The summed E-state index contributed by atoms with van der Waals surface area (Å²) in [7, 11) is 0. The van der Waals surface area contributed by atoms with Crippen LogP contribution in [0.15, 0.2) is 17.4 Å². The Balaban J connectivity index is 2.40. The van der Waals surface area contributed by atoms with Crippen molar-refractivity contribution in [1.82, 2.24) is 24.9 Å². The topological polar surface area (TPSA) is 122 Å². The third-order valence-electron chi connectivity index (χ3n) is 3.92. The summed E-state index contributed by atoms with van der Waals surface area (Å²) < 4.78 is 7.34. The summed E-state index contributed by atoms with van der Waals surface area (Å²) in [5.74, 6) is 1.09. The number of hydrogen-bond acceptors (Lipinski definition) is 7. The van der Waals surface area contributed by atoms with Crippen LogP contribution in [-0.2, 0) is 5.54 Å². The molecule has 0 aliphatic rings. The fourth-order valence-electron chi connectivity index (χ4n) is 2.78. The minimum Gasteiger partial charge on any atom is -0.399 e. The molecule has 0 saturated carbocycles. The van der Waals surface area contributed by atoms with Gasteiger partial charge in [0, 0.05) is 11.6 Å². The molecule has 0 fully saturated rings. The number of nitrogens with zero attached hydrogens (tertiary/aromatic N) is 5. The van der Waals surface area contributed by atoms with Crippen LogP contribution in [0.25, 0.3) is 28.1 Å². The smallest absolute Gasteiger partial charge is 0.164 e. The molecule has 0 aromatic carbocycles. The van der Waals surface area contributed by atoms with E-state index in [2.05, 4.69) is 21.7 Å². The first-order valence-electron chi connectivity index (χ1n) is 8.07. The van der Waals surface area contributed by atoms with Crippen LogP contribution in [0.2, 0.25) is 0 Å². The Morgan fingerprint density at radius 3 is 2.48 bits per heavy atom. The summed E-state index contributed by atoms with van der Waals surface area (Å²) in [5, 5.41) is 9.56. The molecule has 0 aliphatic carbocycles. The van der Waals surface area contributed by atoms with Gasteiger partial charge < -0.3 is 16.0 Å². The van der Waals surface area contributed by atoms with Crippen LogP contribution in [-0.4, -0.2) is 24.9 Å². The van der Waals surface area contributed by atoms with Gasteiger partial charge in [-0.05, 0) is 20.8 Å². The van der Waals surface area contributed by atoms with E-state index in [9.17, 15) is 0 Å². The molecule has 3 aromatic rings. The number of rotatable bonds is 3. The van der Waals surface area contributed by atoms with Crippen molar-refractivity contribution >= 4 is 22.5 Å². The van der Waals surface area contributed by atoms with Gasteiger partial charge in [0.05, 0.1) is 16.5 Å². The Morgan fingerprint density at radius 1 is 1.24 bits per heavy atom. The predicted molar refractivity (Wildman–Crippen MR) is 97.5 cm³/mol. The van der Waals surface area contributed by atoms with Gasteiger partial charge in [0.15, 0.2) is 5.65 Å². The molecule has 0 aliphatic heterocycles. The lowest BCUT2D eigenvalue weighted by molar-refractivity contribution is 0.364. The van der Waals surface area contributed by atoms with Crippen molar-refractivity contribution < 1.29 is 4.52 Å². The van der Waals surface area contributed by atoms with Crippen LogP contribution in [0.5, 0.6) is 0 Å². The van der Waals surface area contributed by atoms with Gasteiger partial charge in [0.1, 0.15) is 29.3 Å². The van der Waals surface area contributed by atoms with Gasteiger partial charge in [0.25, 0.3) is 0 Å². The van der Waals surface area contributed by atoms with E-state index in [1.807, 2.05) is 39.3 Å². The van der Waals surface area contributed by atoms with Crippen LogP contribution in [0.4, 0.5) is 5.82 Å². The summed E-state index contributed by atoms with van der Waals surface area (Å²) >= 11 is 0. The molecule has 3 heterocycles. The van der Waals surface area contributed by atoms with E-state index >= 15 is 0 Å². The predicted octanol–water partition coefficient (Wildman–Crippen LogP) is 2.87. The zero-order valence-electron chi connectivity index (χ0n) is 15.2. The Labute approximate surface area is 145 Å². The van der Waals surface area contributed by atoms with Gasteiger partial charge >= 0.3 is 0 Å². The van der Waals surface area contributed by atoms with E-state index in [1.165, 1.54) is 6.33 Å². The second-order valence-electron chi connectivity index (χ2n) is 7.34. The Morgan fingerprint density at radius 2 is 1.92 bits per heavy atom. The molecule has 132 valence electrons. The molecule has 0 saturated heterocycles. The van der Waals surface area contributed by atoms with Gasteiger partial charge in [-0.2, -0.15) is 5.10 Å². The van der Waals surface area contributed by atoms with E-state index in [0.717, 1.165) is 0 Å². The second-order valence-corrected chi connectivity index (χ2v) is 7.34. The molecule has 8 nitrogen and oxygen atoms in total. The summed E-state index contributed by atoms with van der Waals surface area (Å²) in [6, 6.07) is 0. The first-order chi connectivity index (χ1) is 11.6. The first kappa shape index (κ1) is 16.9. The Bertz CT molecular complexity index is 959. The molecule has 0 spiro atoms. The lowest BCUT2D eigenvalue weighted by Crippen LogP contribution is -2.23. The summed E-state index contributed by atoms with van der Waals surface area (Å²) in [5.41, 5.74) is 14.5. The standard InChI is InChI=1S/C17H23N7O/c1-8(2)14-10(9(3)18)13(23-25-14)12-11-15(19)20-7-21-16(11)24(22-12)17(4,5)6/h7-8H,3,18H2,1-2,4-6H3,(H2,19,20,21). The van der Waals surface area contributed by atoms with Gasteiger partial charge in [-0.3, -0.25) is 0 Å². The van der Waals surface area contributed by atoms with Crippen molar-refractivity contribution in [1.29, 1.82) is 0 Å². The van der Waals surface area contributed by atoms with E-state index in [-0.39, 0.29) is 11.5 Å². The lowest BCUT2D eigenvalue weighted by Gasteiger charge is -2.19. The highest BCUT2D eigenvalue weighted by Crippen LogP contribution is 2.37. The van der Waals surface area contributed by atoms with Crippen LogP contribution < -0.4 is 11.5 Å². The average Bonchev–Trinajstić information content (AvgIpc) is 3.08. The average molecular weight is 341 g/mol. The second kappa shape index (κ2) is 5.58. The maximum absolute atomic E-state index is 6.13. The molecule has 3 aromatic heterocycles. The molecule has 3 rings (SSSR count). The van der Waals surface area contributed by atoms with Gasteiger partial charge in [-0.1, -0.05) is 25.6 Å². The normalized spacial score (nSPS) is 12.2. The number of fused-ring (bicyclic) bond motifs is 1. The Hall–Kier alpha value is -2.90. The number of hydrogen-bond donors (Lipinski definition) is 2. The Kier molecular flexibility index (Phi) is 3.78. The SMILES string of the molecule is C=C(N)c1c(-c2nn(C(C)(C)C)c3ncnc(N)c23)noc1C(C)C. The van der Waals surface area contributed by atoms with Crippen molar-refractivity contribution in [2.45, 2.75) is 46.1 Å². The third-order valence-corrected chi connectivity index (χ3v) is 3.92. The van der Waals surface area contributed by atoms with E-state index in [1.54, 1.807) is 0 Å². The maximum Gasteiger partial charge on any atom is 0.164 e. The summed E-state index contributed by atoms with van der Waals surface area (Å²) in [4.78, 5) is 8.47. The number of nitrogen functional groups attached to an aromatic ring is 1. The third kappa shape index (κ3) is 2.63. The molecule has 8 heteroatoms. The zero-order valence-corrected chi connectivity index (χ0v) is 15.2. The highest BCUT2D eigenvalue weighted by atomic mass is 16.5. The highest BCUT2D eigenvalue weighted by molar-refractivity contribution is 5.99. The number of nitrogens with two attached hydrogens (primary N) is 2. The minimum atomic E-state index is -0.304. The largest absolute Gasteiger partial charge is 0.399 e. The monoisotopic (exact) mass is 341 g/mol. The van der Waals surface area contributed by atoms with Gasteiger partial charge in [-0.15, -0.1) is 0 Å².